The molecule has 1 atom stereocenters. The van der Waals surface area contributed by atoms with Crippen molar-refractivity contribution in [1.29, 1.82) is 0 Å². The Morgan fingerprint density at radius 1 is 1.70 bits per heavy atom. The zero-order valence-electron chi connectivity index (χ0n) is 6.27. The molecule has 0 aliphatic heterocycles. The fourth-order valence-corrected chi connectivity index (χ4v) is 1.12. The normalized spacial score (nSPS) is 16.2. The smallest absolute Gasteiger partial charge is 0.175 e. The van der Waals surface area contributed by atoms with Crippen LogP contribution in [0.2, 0.25) is 0 Å². The predicted molar refractivity (Wildman–Crippen MR) is 52.1 cm³/mol. The van der Waals surface area contributed by atoms with Gasteiger partial charge in [-0.2, -0.15) is 0 Å². The Kier molecular flexibility index (Phi) is 5.97. The Bertz CT molecular complexity index is 136. The molecule has 0 saturated carbocycles. The lowest BCUT2D eigenvalue weighted by Crippen LogP contribution is -1.89. The van der Waals surface area contributed by atoms with Crippen molar-refractivity contribution >= 4 is 22.6 Å². The molecule has 0 rings (SSSR count). The van der Waals surface area contributed by atoms with Gasteiger partial charge in [-0.1, -0.05) is 25.2 Å². The first-order chi connectivity index (χ1) is 4.72. The molecule has 58 valence electrons. The van der Waals surface area contributed by atoms with E-state index in [1.807, 2.05) is 26.0 Å². The molecular formula is C8H12FI. The molecule has 0 N–H and O–H groups in total. The fraction of sp³-hybridized carbons (Fsp3) is 0.500. The molecule has 0 aromatic heterocycles. The minimum atomic E-state index is -0.870. The second kappa shape index (κ2) is 5.89. The van der Waals surface area contributed by atoms with E-state index in [2.05, 4.69) is 0 Å². The summed E-state index contributed by atoms with van der Waals surface area (Å²) >= 11 is 1.76. The van der Waals surface area contributed by atoms with Gasteiger partial charge >= 0.3 is 0 Å². The Labute approximate surface area is 75.3 Å². The van der Waals surface area contributed by atoms with Crippen LogP contribution in [-0.4, -0.2) is 4.18 Å². The van der Waals surface area contributed by atoms with Crippen LogP contribution in [0.15, 0.2) is 23.8 Å². The summed E-state index contributed by atoms with van der Waals surface area (Å²) in [5, 5.41) is 0. The van der Waals surface area contributed by atoms with Crippen LogP contribution in [0.1, 0.15) is 20.3 Å². The summed E-state index contributed by atoms with van der Waals surface area (Å²) in [6.45, 7) is 3.88. The van der Waals surface area contributed by atoms with Gasteiger partial charge in [0, 0.05) is 0 Å². The zero-order valence-corrected chi connectivity index (χ0v) is 8.43. The maximum atomic E-state index is 12.6. The van der Waals surface area contributed by atoms with Crippen LogP contribution >= 0.6 is 22.6 Å². The molecule has 0 aliphatic carbocycles. The SMILES string of the molecule is C/C=C(\C=C/CC)[C@@H](F)I. The average molecular weight is 254 g/mol. The van der Waals surface area contributed by atoms with Crippen molar-refractivity contribution in [1.82, 2.24) is 0 Å². The number of hydrogen-bond donors (Lipinski definition) is 0. The van der Waals surface area contributed by atoms with E-state index in [9.17, 15) is 4.39 Å². The first-order valence-corrected chi connectivity index (χ1v) is 4.57. The van der Waals surface area contributed by atoms with Crippen molar-refractivity contribution in [3.8, 4) is 0 Å². The molecule has 0 radical (unpaired) electrons. The van der Waals surface area contributed by atoms with Gasteiger partial charge in [0.25, 0.3) is 0 Å². The highest BCUT2D eigenvalue weighted by atomic mass is 127. The Balaban J connectivity index is 3.98. The van der Waals surface area contributed by atoms with Crippen LogP contribution in [0.4, 0.5) is 4.39 Å². The third-order valence-corrected chi connectivity index (χ3v) is 1.85. The number of halogens is 2. The van der Waals surface area contributed by atoms with Gasteiger partial charge in [0.05, 0.1) is 0 Å². The largest absolute Gasteiger partial charge is 0.231 e. The van der Waals surface area contributed by atoms with Crippen molar-refractivity contribution in [2.24, 2.45) is 0 Å². The number of allylic oxidation sites excluding steroid dienone is 4. The van der Waals surface area contributed by atoms with Crippen LogP contribution in [-0.2, 0) is 0 Å². The fourth-order valence-electron chi connectivity index (χ4n) is 0.549. The van der Waals surface area contributed by atoms with Crippen LogP contribution < -0.4 is 0 Å². The van der Waals surface area contributed by atoms with Gasteiger partial charge in [0.1, 0.15) is 0 Å². The number of rotatable bonds is 3. The molecule has 0 bridgehead atoms. The standard InChI is InChI=1S/C8H12FI/c1-3-5-6-7(4-2)8(9)10/h4-6,8H,3H2,1-2H3/b6-5-,7-4+/t8-/m0/s1. The zero-order chi connectivity index (χ0) is 7.98. The van der Waals surface area contributed by atoms with Gasteiger partial charge in [-0.15, -0.1) is 0 Å². The summed E-state index contributed by atoms with van der Waals surface area (Å²) in [6, 6.07) is 0. The second-order valence-electron chi connectivity index (χ2n) is 1.90. The lowest BCUT2D eigenvalue weighted by molar-refractivity contribution is 0.526. The molecule has 2 heteroatoms. The van der Waals surface area contributed by atoms with E-state index in [1.54, 1.807) is 28.7 Å². The molecule has 0 aromatic rings. The first kappa shape index (κ1) is 10.1. The van der Waals surface area contributed by atoms with Gasteiger partial charge in [0.15, 0.2) is 4.18 Å². The first-order valence-electron chi connectivity index (χ1n) is 3.33. The molecule has 0 unspecified atom stereocenters. The van der Waals surface area contributed by atoms with E-state index in [0.717, 1.165) is 12.0 Å². The highest BCUT2D eigenvalue weighted by Gasteiger charge is 2.01. The van der Waals surface area contributed by atoms with E-state index < -0.39 is 4.18 Å². The van der Waals surface area contributed by atoms with Crippen molar-refractivity contribution in [3.63, 3.8) is 0 Å². The summed E-state index contributed by atoms with van der Waals surface area (Å²) in [7, 11) is 0. The molecule has 0 aliphatic rings. The maximum absolute atomic E-state index is 12.6. The molecular weight excluding hydrogens is 242 g/mol. The van der Waals surface area contributed by atoms with E-state index in [0.29, 0.717) is 0 Å². The number of alkyl halides is 2. The van der Waals surface area contributed by atoms with Crippen LogP contribution in [0.3, 0.4) is 0 Å². The second-order valence-corrected chi connectivity index (χ2v) is 2.99. The predicted octanol–water partition coefficient (Wildman–Crippen LogP) is 3.63. The van der Waals surface area contributed by atoms with E-state index in [1.165, 1.54) is 0 Å². The minimum absolute atomic E-state index is 0.752. The summed E-state index contributed by atoms with van der Waals surface area (Å²) in [6.07, 6.45) is 6.54. The molecule has 0 amide bonds. The molecule has 0 fully saturated rings. The lowest BCUT2D eigenvalue weighted by atomic mass is 10.2. The Morgan fingerprint density at radius 3 is 2.60 bits per heavy atom. The quantitative estimate of drug-likeness (QED) is 0.410. The Hall–Kier alpha value is 0.140. The Morgan fingerprint density at radius 2 is 2.30 bits per heavy atom. The number of hydrogen-bond acceptors (Lipinski definition) is 0. The summed E-state index contributed by atoms with van der Waals surface area (Å²) in [5.74, 6) is 0. The topological polar surface area (TPSA) is 0 Å². The van der Waals surface area contributed by atoms with Gasteiger partial charge in [0.2, 0.25) is 0 Å². The maximum Gasteiger partial charge on any atom is 0.175 e. The molecule has 0 heterocycles. The van der Waals surface area contributed by atoms with Crippen molar-refractivity contribution in [3.05, 3.63) is 23.8 Å². The van der Waals surface area contributed by atoms with E-state index in [-0.39, 0.29) is 0 Å². The minimum Gasteiger partial charge on any atom is -0.231 e. The van der Waals surface area contributed by atoms with Crippen molar-refractivity contribution in [2.45, 2.75) is 24.4 Å². The van der Waals surface area contributed by atoms with Gasteiger partial charge in [-0.3, -0.25) is 0 Å². The summed E-state index contributed by atoms with van der Waals surface area (Å²) in [5.41, 5.74) is 0.752. The third kappa shape index (κ3) is 4.04. The summed E-state index contributed by atoms with van der Waals surface area (Å²) < 4.78 is 11.7. The van der Waals surface area contributed by atoms with Gasteiger partial charge in [-0.25, -0.2) is 4.39 Å². The van der Waals surface area contributed by atoms with Crippen LogP contribution in [0.5, 0.6) is 0 Å². The molecule has 10 heavy (non-hydrogen) atoms. The third-order valence-electron chi connectivity index (χ3n) is 1.13. The van der Waals surface area contributed by atoms with Crippen LogP contribution in [0.25, 0.3) is 0 Å². The molecule has 0 spiro atoms. The summed E-state index contributed by atoms with van der Waals surface area (Å²) in [4.78, 5) is 0. The van der Waals surface area contributed by atoms with Crippen LogP contribution in [0, 0.1) is 0 Å². The van der Waals surface area contributed by atoms with Crippen molar-refractivity contribution < 1.29 is 4.39 Å². The van der Waals surface area contributed by atoms with E-state index >= 15 is 0 Å². The van der Waals surface area contributed by atoms with Crippen molar-refractivity contribution in [2.75, 3.05) is 0 Å². The molecule has 0 aromatic carbocycles. The monoisotopic (exact) mass is 254 g/mol. The van der Waals surface area contributed by atoms with E-state index in [4.69, 9.17) is 0 Å². The average Bonchev–Trinajstić information content (AvgIpc) is 1.89. The lowest BCUT2D eigenvalue weighted by Gasteiger charge is -1.98. The molecule has 0 nitrogen and oxygen atoms in total. The van der Waals surface area contributed by atoms with Gasteiger partial charge < -0.3 is 0 Å². The highest BCUT2D eigenvalue weighted by Crippen LogP contribution is 2.15. The highest BCUT2D eigenvalue weighted by molar-refractivity contribution is 14.1. The van der Waals surface area contributed by atoms with Gasteiger partial charge in [-0.05, 0) is 41.5 Å². The molecule has 0 saturated heterocycles.